The molecule has 2 N–H and O–H groups in total. The molecular weight excluding hydrogens is 316 g/mol. The standard InChI is InChI=1S/C15H16N4OS2/c20-6-9-7-21-12(19-9)5-16-14-13-10-3-1-2-4-11(10)22-15(13)18-8-17-14/h7-8,20H,1-6H2,(H,16,17,18). The fraction of sp³-hybridized carbons (Fsp3) is 0.400. The fourth-order valence-corrected chi connectivity index (χ4v) is 4.84. The van der Waals surface area contributed by atoms with E-state index >= 15 is 0 Å². The number of rotatable bonds is 4. The second-order valence-corrected chi connectivity index (χ2v) is 7.38. The number of fused-ring (bicyclic) bond motifs is 3. The SMILES string of the molecule is OCc1csc(CNc2ncnc3sc4c(c23)CCCC4)n1. The van der Waals surface area contributed by atoms with Gasteiger partial charge in [-0.1, -0.05) is 0 Å². The van der Waals surface area contributed by atoms with E-state index in [0.717, 1.165) is 27.8 Å². The predicted octanol–water partition coefficient (Wildman–Crippen LogP) is 3.13. The molecule has 4 rings (SSSR count). The molecule has 0 saturated carbocycles. The van der Waals surface area contributed by atoms with Crippen LogP contribution >= 0.6 is 22.7 Å². The van der Waals surface area contributed by atoms with Crippen LogP contribution in [0.2, 0.25) is 0 Å². The summed E-state index contributed by atoms with van der Waals surface area (Å²) in [6, 6.07) is 0. The lowest BCUT2D eigenvalue weighted by atomic mass is 9.97. The molecule has 22 heavy (non-hydrogen) atoms. The Labute approximate surface area is 136 Å². The highest BCUT2D eigenvalue weighted by Gasteiger charge is 2.19. The fourth-order valence-electron chi connectivity index (χ4n) is 2.89. The van der Waals surface area contributed by atoms with Gasteiger partial charge in [0.25, 0.3) is 0 Å². The van der Waals surface area contributed by atoms with Gasteiger partial charge < -0.3 is 10.4 Å². The van der Waals surface area contributed by atoms with E-state index in [9.17, 15) is 0 Å². The van der Waals surface area contributed by atoms with Crippen molar-refractivity contribution in [2.24, 2.45) is 0 Å². The zero-order valence-corrected chi connectivity index (χ0v) is 13.6. The summed E-state index contributed by atoms with van der Waals surface area (Å²) in [5.74, 6) is 0.908. The number of hydrogen-bond donors (Lipinski definition) is 2. The third-order valence-corrected chi connectivity index (χ3v) is 6.02. The van der Waals surface area contributed by atoms with Gasteiger partial charge in [0.15, 0.2) is 0 Å². The Hall–Kier alpha value is -1.57. The molecule has 0 aromatic carbocycles. The lowest BCUT2D eigenvalue weighted by molar-refractivity contribution is 0.277. The van der Waals surface area contributed by atoms with Crippen LogP contribution in [0.1, 0.15) is 34.0 Å². The molecule has 5 nitrogen and oxygen atoms in total. The van der Waals surface area contributed by atoms with Crippen molar-refractivity contribution >= 4 is 38.7 Å². The number of thiazole rings is 1. The van der Waals surface area contributed by atoms with E-state index in [0.29, 0.717) is 6.54 Å². The Balaban J connectivity index is 1.64. The van der Waals surface area contributed by atoms with Crippen molar-refractivity contribution < 1.29 is 5.11 Å². The monoisotopic (exact) mass is 332 g/mol. The van der Waals surface area contributed by atoms with Crippen molar-refractivity contribution in [1.29, 1.82) is 0 Å². The molecule has 114 valence electrons. The molecule has 0 amide bonds. The van der Waals surface area contributed by atoms with Gasteiger partial charge in [-0.3, -0.25) is 0 Å². The minimum atomic E-state index is -0.00765. The molecule has 3 aromatic heterocycles. The van der Waals surface area contributed by atoms with Gasteiger partial charge in [-0.05, 0) is 31.2 Å². The number of anilines is 1. The minimum absolute atomic E-state index is 0.00765. The topological polar surface area (TPSA) is 70.9 Å². The van der Waals surface area contributed by atoms with E-state index in [1.807, 2.05) is 5.38 Å². The lowest BCUT2D eigenvalue weighted by Gasteiger charge is -2.12. The number of nitrogens with one attached hydrogen (secondary N) is 1. The third kappa shape index (κ3) is 2.49. The van der Waals surface area contributed by atoms with Gasteiger partial charge in [0.2, 0.25) is 0 Å². The molecule has 0 bridgehead atoms. The number of aryl methyl sites for hydroxylation is 2. The number of aliphatic hydroxyl groups excluding tert-OH is 1. The normalized spacial score (nSPS) is 14.2. The van der Waals surface area contributed by atoms with E-state index in [4.69, 9.17) is 5.11 Å². The van der Waals surface area contributed by atoms with Gasteiger partial charge in [0.05, 0.1) is 24.2 Å². The van der Waals surface area contributed by atoms with E-state index in [2.05, 4.69) is 20.3 Å². The number of hydrogen-bond acceptors (Lipinski definition) is 7. The lowest BCUT2D eigenvalue weighted by Crippen LogP contribution is -2.04. The third-order valence-electron chi connectivity index (χ3n) is 3.92. The van der Waals surface area contributed by atoms with Gasteiger partial charge in [-0.25, -0.2) is 15.0 Å². The molecule has 0 fully saturated rings. The first-order valence-corrected chi connectivity index (χ1v) is 9.08. The first-order chi connectivity index (χ1) is 10.8. The van der Waals surface area contributed by atoms with Crippen molar-refractivity contribution in [2.45, 2.75) is 38.8 Å². The summed E-state index contributed by atoms with van der Waals surface area (Å²) in [5.41, 5.74) is 2.16. The summed E-state index contributed by atoms with van der Waals surface area (Å²) in [5, 5.41) is 16.5. The number of aromatic nitrogens is 3. The van der Waals surface area contributed by atoms with Crippen LogP contribution in [0, 0.1) is 0 Å². The molecule has 0 atom stereocenters. The Bertz CT molecular complexity index is 811. The first-order valence-electron chi connectivity index (χ1n) is 7.38. The van der Waals surface area contributed by atoms with E-state index in [1.165, 1.54) is 35.1 Å². The molecule has 0 spiro atoms. The largest absolute Gasteiger partial charge is 0.390 e. The summed E-state index contributed by atoms with van der Waals surface area (Å²) >= 11 is 3.36. The van der Waals surface area contributed by atoms with Gasteiger partial charge in [-0.15, -0.1) is 22.7 Å². The highest BCUT2D eigenvalue weighted by Crippen LogP contribution is 2.38. The summed E-state index contributed by atoms with van der Waals surface area (Å²) in [6.07, 6.45) is 6.46. The van der Waals surface area contributed by atoms with Crippen molar-refractivity contribution in [2.75, 3.05) is 5.32 Å². The average Bonchev–Trinajstić information content (AvgIpc) is 3.17. The Morgan fingerprint density at radius 3 is 3.00 bits per heavy atom. The summed E-state index contributed by atoms with van der Waals surface area (Å²) in [7, 11) is 0. The Morgan fingerprint density at radius 1 is 1.23 bits per heavy atom. The molecule has 0 saturated heterocycles. The van der Waals surface area contributed by atoms with Crippen molar-refractivity contribution in [3.8, 4) is 0 Å². The Morgan fingerprint density at radius 2 is 2.14 bits per heavy atom. The molecule has 0 aliphatic heterocycles. The van der Waals surface area contributed by atoms with Crippen molar-refractivity contribution in [3.05, 3.63) is 32.8 Å². The van der Waals surface area contributed by atoms with Gasteiger partial charge >= 0.3 is 0 Å². The van der Waals surface area contributed by atoms with E-state index in [1.54, 1.807) is 29.0 Å². The van der Waals surface area contributed by atoms with Crippen LogP contribution in [-0.4, -0.2) is 20.1 Å². The molecule has 3 heterocycles. The number of aliphatic hydroxyl groups is 1. The molecule has 1 aliphatic rings. The summed E-state index contributed by atoms with van der Waals surface area (Å²) in [4.78, 5) is 15.8. The molecule has 0 radical (unpaired) electrons. The van der Waals surface area contributed by atoms with Crippen LogP contribution in [0.5, 0.6) is 0 Å². The predicted molar refractivity (Wildman–Crippen MR) is 89.4 cm³/mol. The maximum Gasteiger partial charge on any atom is 0.138 e. The molecule has 7 heteroatoms. The van der Waals surface area contributed by atoms with Crippen LogP contribution in [0.4, 0.5) is 5.82 Å². The zero-order valence-electron chi connectivity index (χ0n) is 12.0. The van der Waals surface area contributed by atoms with E-state index in [-0.39, 0.29) is 6.61 Å². The molecule has 3 aromatic rings. The molecule has 1 aliphatic carbocycles. The van der Waals surface area contributed by atoms with Gasteiger partial charge in [0.1, 0.15) is 22.0 Å². The quantitative estimate of drug-likeness (QED) is 0.768. The maximum absolute atomic E-state index is 9.09. The van der Waals surface area contributed by atoms with Crippen LogP contribution in [0.3, 0.4) is 0 Å². The maximum atomic E-state index is 9.09. The van der Waals surface area contributed by atoms with Crippen LogP contribution in [-0.2, 0) is 26.0 Å². The summed E-state index contributed by atoms with van der Waals surface area (Å²) < 4.78 is 0. The average molecular weight is 332 g/mol. The first kappa shape index (κ1) is 14.0. The van der Waals surface area contributed by atoms with E-state index < -0.39 is 0 Å². The highest BCUT2D eigenvalue weighted by molar-refractivity contribution is 7.19. The van der Waals surface area contributed by atoms with Crippen molar-refractivity contribution in [3.63, 3.8) is 0 Å². The zero-order chi connectivity index (χ0) is 14.9. The van der Waals surface area contributed by atoms with Crippen LogP contribution < -0.4 is 5.32 Å². The second-order valence-electron chi connectivity index (χ2n) is 5.36. The number of thiophene rings is 1. The molecular formula is C15H16N4OS2. The second kappa shape index (κ2) is 5.91. The smallest absolute Gasteiger partial charge is 0.138 e. The van der Waals surface area contributed by atoms with Crippen LogP contribution in [0.25, 0.3) is 10.2 Å². The number of nitrogens with zero attached hydrogens (tertiary/aromatic N) is 3. The summed E-state index contributed by atoms with van der Waals surface area (Å²) in [6.45, 7) is 0.619. The highest BCUT2D eigenvalue weighted by atomic mass is 32.1. The van der Waals surface area contributed by atoms with Crippen LogP contribution in [0.15, 0.2) is 11.7 Å². The molecule has 0 unspecified atom stereocenters. The Kier molecular flexibility index (Phi) is 3.77. The van der Waals surface area contributed by atoms with Gasteiger partial charge in [-0.2, -0.15) is 0 Å². The van der Waals surface area contributed by atoms with Gasteiger partial charge in [0, 0.05) is 10.3 Å². The minimum Gasteiger partial charge on any atom is -0.390 e. The van der Waals surface area contributed by atoms with Crippen molar-refractivity contribution in [1.82, 2.24) is 15.0 Å².